The van der Waals surface area contributed by atoms with Crippen LogP contribution in [0.15, 0.2) is 0 Å². The molecule has 0 aromatic heterocycles. The molecular formula is C15H30N2O2. The highest BCUT2D eigenvalue weighted by Crippen LogP contribution is 2.36. The molecule has 2 saturated carbocycles. The molecule has 0 bridgehead atoms. The Kier molecular flexibility index (Phi) is 5.23. The Morgan fingerprint density at radius 1 is 1.37 bits per heavy atom. The highest BCUT2D eigenvalue weighted by Gasteiger charge is 2.43. The fourth-order valence-corrected chi connectivity index (χ4v) is 3.42. The van der Waals surface area contributed by atoms with Crippen LogP contribution in [-0.4, -0.2) is 60.5 Å². The maximum Gasteiger partial charge on any atom is 0.0614 e. The minimum absolute atomic E-state index is 0.0218. The number of rotatable bonds is 8. The summed E-state index contributed by atoms with van der Waals surface area (Å²) in [6.07, 6.45) is 5.92. The molecule has 0 spiro atoms. The van der Waals surface area contributed by atoms with Gasteiger partial charge in [-0.05, 0) is 46.0 Å². The van der Waals surface area contributed by atoms with Crippen molar-refractivity contribution < 1.29 is 9.84 Å². The standard InChI is InChI=1S/C15H30N2O2/c1-12(2)17(8-9-19-3)14-6-7-15(10-14,11-18)16-13-4-5-13/h12-14,16,18H,4-11H2,1-3H3. The van der Waals surface area contributed by atoms with E-state index in [9.17, 15) is 5.11 Å². The maximum absolute atomic E-state index is 9.80. The third-order valence-electron chi connectivity index (χ3n) is 4.66. The Labute approximate surface area is 117 Å². The van der Waals surface area contributed by atoms with Crippen molar-refractivity contribution >= 4 is 0 Å². The van der Waals surface area contributed by atoms with Crippen molar-refractivity contribution in [3.05, 3.63) is 0 Å². The van der Waals surface area contributed by atoms with E-state index in [1.165, 1.54) is 19.3 Å². The molecule has 2 fully saturated rings. The summed E-state index contributed by atoms with van der Waals surface area (Å²) in [5, 5.41) is 13.5. The molecule has 4 nitrogen and oxygen atoms in total. The lowest BCUT2D eigenvalue weighted by Gasteiger charge is -2.35. The van der Waals surface area contributed by atoms with Crippen LogP contribution in [0.3, 0.4) is 0 Å². The largest absolute Gasteiger partial charge is 0.394 e. The van der Waals surface area contributed by atoms with E-state index in [-0.39, 0.29) is 12.1 Å². The molecule has 0 aromatic carbocycles. The number of nitrogens with zero attached hydrogens (tertiary/aromatic N) is 1. The Hall–Kier alpha value is -0.160. The second kappa shape index (κ2) is 6.53. The highest BCUT2D eigenvalue weighted by atomic mass is 16.5. The third kappa shape index (κ3) is 3.91. The van der Waals surface area contributed by atoms with Gasteiger partial charge in [-0.1, -0.05) is 0 Å². The first-order chi connectivity index (χ1) is 9.10. The summed E-state index contributed by atoms with van der Waals surface area (Å²) in [6, 6.07) is 1.78. The van der Waals surface area contributed by atoms with Gasteiger partial charge in [-0.2, -0.15) is 0 Å². The zero-order chi connectivity index (χ0) is 13.9. The number of nitrogens with one attached hydrogen (secondary N) is 1. The van der Waals surface area contributed by atoms with Crippen LogP contribution >= 0.6 is 0 Å². The minimum Gasteiger partial charge on any atom is -0.394 e. The van der Waals surface area contributed by atoms with Gasteiger partial charge in [0.2, 0.25) is 0 Å². The van der Waals surface area contributed by atoms with E-state index in [1.54, 1.807) is 7.11 Å². The SMILES string of the molecule is COCCN(C(C)C)C1CCC(CO)(NC2CC2)C1. The van der Waals surface area contributed by atoms with Gasteiger partial charge in [0, 0.05) is 37.3 Å². The van der Waals surface area contributed by atoms with Gasteiger partial charge in [-0.15, -0.1) is 0 Å². The van der Waals surface area contributed by atoms with Crippen molar-refractivity contribution in [2.45, 2.75) is 69.6 Å². The zero-order valence-corrected chi connectivity index (χ0v) is 12.7. The van der Waals surface area contributed by atoms with Gasteiger partial charge in [0.1, 0.15) is 0 Å². The maximum atomic E-state index is 9.80. The summed E-state index contributed by atoms with van der Waals surface area (Å²) in [4.78, 5) is 2.54. The van der Waals surface area contributed by atoms with Crippen molar-refractivity contribution in [2.75, 3.05) is 26.9 Å². The predicted molar refractivity (Wildman–Crippen MR) is 77.3 cm³/mol. The van der Waals surface area contributed by atoms with Crippen molar-refractivity contribution in [2.24, 2.45) is 0 Å². The normalized spacial score (nSPS) is 31.6. The van der Waals surface area contributed by atoms with Gasteiger partial charge in [-0.3, -0.25) is 4.90 Å². The molecule has 0 radical (unpaired) electrons. The van der Waals surface area contributed by atoms with Gasteiger partial charge >= 0.3 is 0 Å². The Bertz CT molecular complexity index is 281. The average molecular weight is 270 g/mol. The molecule has 0 aliphatic heterocycles. The van der Waals surface area contributed by atoms with E-state index in [0.29, 0.717) is 18.1 Å². The number of methoxy groups -OCH3 is 1. The number of hydrogen-bond donors (Lipinski definition) is 2. The lowest BCUT2D eigenvalue weighted by Crippen LogP contribution is -2.50. The second-order valence-electron chi connectivity index (χ2n) is 6.58. The zero-order valence-electron chi connectivity index (χ0n) is 12.7. The molecular weight excluding hydrogens is 240 g/mol. The van der Waals surface area contributed by atoms with Gasteiger partial charge < -0.3 is 15.2 Å². The van der Waals surface area contributed by atoms with Crippen molar-refractivity contribution in [1.29, 1.82) is 0 Å². The fourth-order valence-electron chi connectivity index (χ4n) is 3.42. The molecule has 0 amide bonds. The average Bonchev–Trinajstić information content (AvgIpc) is 3.09. The van der Waals surface area contributed by atoms with Gasteiger partial charge in [0.15, 0.2) is 0 Å². The molecule has 4 heteroatoms. The van der Waals surface area contributed by atoms with Crippen LogP contribution in [0.5, 0.6) is 0 Å². The van der Waals surface area contributed by atoms with Crippen LogP contribution in [0, 0.1) is 0 Å². The summed E-state index contributed by atoms with van der Waals surface area (Å²) in [7, 11) is 1.76. The Morgan fingerprint density at radius 3 is 2.63 bits per heavy atom. The van der Waals surface area contributed by atoms with Crippen molar-refractivity contribution in [3.63, 3.8) is 0 Å². The summed E-state index contributed by atoms with van der Waals surface area (Å²) in [5.74, 6) is 0. The van der Waals surface area contributed by atoms with Crippen LogP contribution < -0.4 is 5.32 Å². The first-order valence-electron chi connectivity index (χ1n) is 7.73. The molecule has 0 aromatic rings. The molecule has 0 saturated heterocycles. The Balaban J connectivity index is 1.93. The monoisotopic (exact) mass is 270 g/mol. The van der Waals surface area contributed by atoms with Crippen LogP contribution in [0.1, 0.15) is 46.0 Å². The summed E-state index contributed by atoms with van der Waals surface area (Å²) >= 11 is 0. The van der Waals surface area contributed by atoms with Crippen molar-refractivity contribution in [1.82, 2.24) is 10.2 Å². The second-order valence-corrected chi connectivity index (χ2v) is 6.58. The van der Waals surface area contributed by atoms with Crippen molar-refractivity contribution in [3.8, 4) is 0 Å². The van der Waals surface area contributed by atoms with Crippen LogP contribution in [0.2, 0.25) is 0 Å². The quantitative estimate of drug-likeness (QED) is 0.699. The van der Waals surface area contributed by atoms with Crippen LogP contribution in [0.4, 0.5) is 0 Å². The predicted octanol–water partition coefficient (Wildman–Crippen LogP) is 1.38. The van der Waals surface area contributed by atoms with E-state index in [4.69, 9.17) is 4.74 Å². The Morgan fingerprint density at radius 2 is 2.11 bits per heavy atom. The van der Waals surface area contributed by atoms with Gasteiger partial charge in [-0.25, -0.2) is 0 Å². The summed E-state index contributed by atoms with van der Waals surface area (Å²) in [6.45, 7) is 6.56. The van der Waals surface area contributed by atoms with Gasteiger partial charge in [0.05, 0.1) is 13.2 Å². The fraction of sp³-hybridized carbons (Fsp3) is 1.00. The molecule has 0 heterocycles. The molecule has 112 valence electrons. The third-order valence-corrected chi connectivity index (χ3v) is 4.66. The number of aliphatic hydroxyl groups excluding tert-OH is 1. The molecule has 2 atom stereocenters. The van der Waals surface area contributed by atoms with Gasteiger partial charge in [0.25, 0.3) is 0 Å². The molecule has 2 aliphatic carbocycles. The van der Waals surface area contributed by atoms with E-state index in [1.807, 2.05) is 0 Å². The van der Waals surface area contributed by atoms with E-state index in [0.717, 1.165) is 26.0 Å². The molecule has 2 unspecified atom stereocenters. The minimum atomic E-state index is -0.0218. The summed E-state index contributed by atoms with van der Waals surface area (Å²) in [5.41, 5.74) is -0.0218. The number of ether oxygens (including phenoxy) is 1. The van der Waals surface area contributed by atoms with E-state index in [2.05, 4.69) is 24.1 Å². The first-order valence-corrected chi connectivity index (χ1v) is 7.73. The highest BCUT2D eigenvalue weighted by molar-refractivity contribution is 5.03. The topological polar surface area (TPSA) is 44.7 Å². The lowest BCUT2D eigenvalue weighted by molar-refractivity contribution is 0.0875. The smallest absolute Gasteiger partial charge is 0.0614 e. The van der Waals surface area contributed by atoms with Crippen LogP contribution in [0.25, 0.3) is 0 Å². The molecule has 19 heavy (non-hydrogen) atoms. The lowest BCUT2D eigenvalue weighted by atomic mass is 9.98. The molecule has 2 aliphatic rings. The molecule has 2 rings (SSSR count). The first kappa shape index (κ1) is 15.2. The molecule has 2 N–H and O–H groups in total. The van der Waals surface area contributed by atoms with Crippen LogP contribution in [-0.2, 0) is 4.74 Å². The number of hydrogen-bond acceptors (Lipinski definition) is 4. The van der Waals surface area contributed by atoms with E-state index < -0.39 is 0 Å². The summed E-state index contributed by atoms with van der Waals surface area (Å²) < 4.78 is 5.23. The van der Waals surface area contributed by atoms with E-state index >= 15 is 0 Å². The number of aliphatic hydroxyl groups is 1.